The molecule has 3 aromatic rings. The third kappa shape index (κ3) is 5.06. The molecule has 0 unspecified atom stereocenters. The van der Waals surface area contributed by atoms with Crippen molar-refractivity contribution in [1.29, 1.82) is 0 Å². The minimum Gasteiger partial charge on any atom is -0.478 e. The maximum Gasteiger partial charge on any atom is 0.336 e. The summed E-state index contributed by atoms with van der Waals surface area (Å²) in [6.07, 6.45) is 2.83. The van der Waals surface area contributed by atoms with Gasteiger partial charge in [-0.15, -0.1) is 0 Å². The normalized spacial score (nSPS) is 11.8. The molecule has 0 spiro atoms. The predicted molar refractivity (Wildman–Crippen MR) is 121 cm³/mol. The molecule has 3 rings (SSSR count). The number of furan rings is 1. The van der Waals surface area contributed by atoms with Gasteiger partial charge in [-0.05, 0) is 102 Å². The molecule has 0 atom stereocenters. The van der Waals surface area contributed by atoms with Gasteiger partial charge in [0.25, 0.3) is 0 Å². The molecule has 0 amide bonds. The maximum absolute atomic E-state index is 12.4. The predicted octanol–water partition coefficient (Wildman–Crippen LogP) is 3.97. The SMILES string of the molecule is CN(C)CCCc1cc2oc3ccc(C(=O)O)cc3c2c(CCCN(C)C)c1C(=O)O. The Bertz CT molecular complexity index is 1110. The lowest BCUT2D eigenvalue weighted by atomic mass is 9.90. The number of carboxylic acids is 2. The lowest BCUT2D eigenvalue weighted by Crippen LogP contribution is -2.16. The molecule has 1 heterocycles. The second-order valence-electron chi connectivity index (χ2n) is 8.50. The molecular formula is C24H30N2O5. The Morgan fingerprint density at radius 1 is 0.871 bits per heavy atom. The quantitative estimate of drug-likeness (QED) is 0.506. The standard InChI is InChI=1S/C24H30N2O5/c1-25(2)11-5-7-15-14-20-22(17(21(15)24(29)30)8-6-12-26(3)4)18-13-16(23(27)28)9-10-19(18)31-20/h9-10,13-14H,5-8,11-12H2,1-4H3,(H,27,28)(H,29,30). The molecule has 0 fully saturated rings. The number of aryl methyl sites for hydroxylation is 2. The average Bonchev–Trinajstić information content (AvgIpc) is 3.04. The molecule has 7 nitrogen and oxygen atoms in total. The van der Waals surface area contributed by atoms with Gasteiger partial charge in [-0.25, -0.2) is 9.59 Å². The van der Waals surface area contributed by atoms with Gasteiger partial charge in [-0.2, -0.15) is 0 Å². The highest BCUT2D eigenvalue weighted by atomic mass is 16.4. The van der Waals surface area contributed by atoms with Crippen LogP contribution >= 0.6 is 0 Å². The van der Waals surface area contributed by atoms with Crippen molar-refractivity contribution in [2.75, 3.05) is 41.3 Å². The number of hydrogen-bond donors (Lipinski definition) is 2. The average molecular weight is 427 g/mol. The van der Waals surface area contributed by atoms with Crippen LogP contribution in [-0.2, 0) is 12.8 Å². The molecule has 2 N–H and O–H groups in total. The van der Waals surface area contributed by atoms with E-state index in [9.17, 15) is 19.8 Å². The van der Waals surface area contributed by atoms with Crippen molar-refractivity contribution in [2.45, 2.75) is 25.7 Å². The van der Waals surface area contributed by atoms with Crippen LogP contribution in [-0.4, -0.2) is 73.2 Å². The van der Waals surface area contributed by atoms with E-state index in [0.717, 1.165) is 37.1 Å². The van der Waals surface area contributed by atoms with E-state index < -0.39 is 11.9 Å². The Labute approximate surface area is 181 Å². The third-order valence-electron chi connectivity index (χ3n) is 5.49. The Hall–Kier alpha value is -2.90. The highest BCUT2D eigenvalue weighted by molar-refractivity contribution is 6.12. The van der Waals surface area contributed by atoms with Gasteiger partial charge in [0, 0.05) is 10.8 Å². The first-order chi connectivity index (χ1) is 14.7. The van der Waals surface area contributed by atoms with Crippen molar-refractivity contribution in [1.82, 2.24) is 9.80 Å². The van der Waals surface area contributed by atoms with Crippen molar-refractivity contribution >= 4 is 33.9 Å². The Balaban J connectivity index is 2.23. The maximum atomic E-state index is 12.4. The van der Waals surface area contributed by atoms with E-state index in [1.807, 2.05) is 34.3 Å². The fourth-order valence-electron chi connectivity index (χ4n) is 4.08. The van der Waals surface area contributed by atoms with Crippen LogP contribution in [0.2, 0.25) is 0 Å². The number of hydrogen-bond acceptors (Lipinski definition) is 5. The molecule has 31 heavy (non-hydrogen) atoms. The van der Waals surface area contributed by atoms with Crippen LogP contribution in [0, 0.1) is 0 Å². The van der Waals surface area contributed by atoms with Gasteiger partial charge in [0.2, 0.25) is 0 Å². The fourth-order valence-corrected chi connectivity index (χ4v) is 4.08. The van der Waals surface area contributed by atoms with E-state index in [1.165, 1.54) is 6.07 Å². The number of carboxylic acid groups (broad SMARTS) is 2. The van der Waals surface area contributed by atoms with Gasteiger partial charge < -0.3 is 24.4 Å². The van der Waals surface area contributed by atoms with E-state index in [0.29, 0.717) is 40.3 Å². The molecule has 0 aliphatic carbocycles. The van der Waals surface area contributed by atoms with Gasteiger partial charge >= 0.3 is 11.9 Å². The third-order valence-corrected chi connectivity index (χ3v) is 5.49. The summed E-state index contributed by atoms with van der Waals surface area (Å²) in [5.74, 6) is -1.98. The molecule has 0 aliphatic heterocycles. The zero-order valence-electron chi connectivity index (χ0n) is 18.6. The molecular weight excluding hydrogens is 396 g/mol. The molecule has 2 aromatic carbocycles. The Morgan fingerprint density at radius 3 is 2.10 bits per heavy atom. The van der Waals surface area contributed by atoms with Crippen molar-refractivity contribution in [3.63, 3.8) is 0 Å². The van der Waals surface area contributed by atoms with Crippen molar-refractivity contribution in [3.8, 4) is 0 Å². The molecule has 0 aliphatic rings. The molecule has 0 bridgehead atoms. The summed E-state index contributed by atoms with van der Waals surface area (Å²) in [5.41, 5.74) is 3.15. The summed E-state index contributed by atoms with van der Waals surface area (Å²) in [4.78, 5) is 28.0. The van der Waals surface area contributed by atoms with Crippen LogP contribution in [0.5, 0.6) is 0 Å². The van der Waals surface area contributed by atoms with E-state index in [1.54, 1.807) is 12.1 Å². The number of fused-ring (bicyclic) bond motifs is 3. The zero-order valence-corrected chi connectivity index (χ0v) is 18.6. The molecule has 7 heteroatoms. The first kappa shape index (κ1) is 22.8. The molecule has 0 saturated heterocycles. The van der Waals surface area contributed by atoms with E-state index >= 15 is 0 Å². The van der Waals surface area contributed by atoms with E-state index in [2.05, 4.69) is 9.80 Å². The minimum absolute atomic E-state index is 0.154. The highest BCUT2D eigenvalue weighted by Gasteiger charge is 2.23. The second-order valence-corrected chi connectivity index (χ2v) is 8.50. The Morgan fingerprint density at radius 2 is 1.52 bits per heavy atom. The van der Waals surface area contributed by atoms with Gasteiger partial charge in [-0.3, -0.25) is 0 Å². The minimum atomic E-state index is -1.02. The number of nitrogens with zero attached hydrogens (tertiary/aromatic N) is 2. The van der Waals surface area contributed by atoms with E-state index in [-0.39, 0.29) is 5.56 Å². The summed E-state index contributed by atoms with van der Waals surface area (Å²) in [7, 11) is 7.95. The van der Waals surface area contributed by atoms with Gasteiger partial charge in [0.15, 0.2) is 0 Å². The Kier molecular flexibility index (Phi) is 6.97. The number of rotatable bonds is 10. The smallest absolute Gasteiger partial charge is 0.336 e. The zero-order chi connectivity index (χ0) is 22.7. The molecule has 0 radical (unpaired) electrons. The number of carbonyl (C=O) groups is 2. The lowest BCUT2D eigenvalue weighted by Gasteiger charge is -2.16. The van der Waals surface area contributed by atoms with Crippen LogP contribution in [0.15, 0.2) is 28.7 Å². The van der Waals surface area contributed by atoms with Crippen LogP contribution < -0.4 is 0 Å². The summed E-state index contributed by atoms with van der Waals surface area (Å²) < 4.78 is 6.05. The van der Waals surface area contributed by atoms with Crippen LogP contribution in [0.4, 0.5) is 0 Å². The first-order valence-corrected chi connectivity index (χ1v) is 10.5. The summed E-state index contributed by atoms with van der Waals surface area (Å²) >= 11 is 0. The van der Waals surface area contributed by atoms with Crippen LogP contribution in [0.25, 0.3) is 21.9 Å². The van der Waals surface area contributed by atoms with Crippen molar-refractivity contribution < 1.29 is 24.2 Å². The van der Waals surface area contributed by atoms with E-state index in [4.69, 9.17) is 4.42 Å². The summed E-state index contributed by atoms with van der Waals surface area (Å²) in [6, 6.07) is 6.56. The van der Waals surface area contributed by atoms with Gasteiger partial charge in [0.05, 0.1) is 11.1 Å². The van der Waals surface area contributed by atoms with Crippen LogP contribution in [0.3, 0.4) is 0 Å². The monoisotopic (exact) mass is 426 g/mol. The summed E-state index contributed by atoms with van der Waals surface area (Å²) in [6.45, 7) is 1.68. The number of benzene rings is 2. The lowest BCUT2D eigenvalue weighted by molar-refractivity contribution is 0.0684. The fraction of sp³-hybridized carbons (Fsp3) is 0.417. The van der Waals surface area contributed by atoms with Crippen LogP contribution in [0.1, 0.15) is 44.7 Å². The van der Waals surface area contributed by atoms with Crippen molar-refractivity contribution in [3.05, 3.63) is 46.5 Å². The first-order valence-electron chi connectivity index (χ1n) is 10.5. The largest absolute Gasteiger partial charge is 0.478 e. The second kappa shape index (κ2) is 9.49. The van der Waals surface area contributed by atoms with Crippen molar-refractivity contribution in [2.24, 2.45) is 0 Å². The molecule has 166 valence electrons. The van der Waals surface area contributed by atoms with Gasteiger partial charge in [0.1, 0.15) is 11.2 Å². The number of aromatic carboxylic acids is 2. The summed E-state index contributed by atoms with van der Waals surface area (Å²) in [5, 5.41) is 20.9. The topological polar surface area (TPSA) is 94.2 Å². The molecule has 0 saturated carbocycles. The highest BCUT2D eigenvalue weighted by Crippen LogP contribution is 2.36. The molecule has 1 aromatic heterocycles. The van der Waals surface area contributed by atoms with Gasteiger partial charge in [-0.1, -0.05) is 0 Å².